The van der Waals surface area contributed by atoms with Gasteiger partial charge in [-0.2, -0.15) is 0 Å². The Labute approximate surface area is 292 Å². The zero-order valence-corrected chi connectivity index (χ0v) is 28.1. The van der Waals surface area contributed by atoms with Gasteiger partial charge in [0.25, 0.3) is 0 Å². The molecule has 0 unspecified atom stereocenters. The SMILES string of the molecule is c1ccc(N(c2ccc(-c3ccc4c(ccc5sc6ccccc6c54)c3)cc2)c2ccc(-c3cccc4c3sc3ccccc34)cc2)cc1. The van der Waals surface area contributed by atoms with Gasteiger partial charge in [0.05, 0.1) is 0 Å². The Morgan fingerprint density at radius 3 is 1.73 bits per heavy atom. The number of anilines is 3. The highest BCUT2D eigenvalue weighted by molar-refractivity contribution is 7.26. The molecule has 0 atom stereocenters. The molecule has 0 spiro atoms. The van der Waals surface area contributed by atoms with Crippen molar-refractivity contribution < 1.29 is 0 Å². The van der Waals surface area contributed by atoms with Crippen LogP contribution in [-0.4, -0.2) is 0 Å². The lowest BCUT2D eigenvalue weighted by molar-refractivity contribution is 1.28. The molecule has 0 N–H and O–H groups in total. The summed E-state index contributed by atoms with van der Waals surface area (Å²) in [7, 11) is 0. The second kappa shape index (κ2) is 11.5. The van der Waals surface area contributed by atoms with E-state index in [4.69, 9.17) is 0 Å². The fraction of sp³-hybridized carbons (Fsp3) is 0. The Bertz CT molecular complexity index is 2810. The minimum Gasteiger partial charge on any atom is -0.311 e. The highest BCUT2D eigenvalue weighted by atomic mass is 32.1. The van der Waals surface area contributed by atoms with Crippen LogP contribution >= 0.6 is 22.7 Å². The number of fused-ring (bicyclic) bond motifs is 8. The highest BCUT2D eigenvalue weighted by Gasteiger charge is 2.15. The van der Waals surface area contributed by atoms with Gasteiger partial charge in [0.1, 0.15) is 0 Å². The third-order valence-electron chi connectivity index (χ3n) is 9.67. The molecule has 10 rings (SSSR count). The summed E-state index contributed by atoms with van der Waals surface area (Å²) in [5.74, 6) is 0. The van der Waals surface area contributed by atoms with Gasteiger partial charge in [0.2, 0.25) is 0 Å². The Kier molecular flexibility index (Phi) is 6.61. The van der Waals surface area contributed by atoms with Gasteiger partial charge < -0.3 is 4.90 Å². The van der Waals surface area contributed by atoms with Crippen LogP contribution in [0.15, 0.2) is 176 Å². The van der Waals surface area contributed by atoms with E-state index in [0.29, 0.717) is 0 Å². The monoisotopic (exact) mass is 659 g/mol. The molecule has 0 bridgehead atoms. The maximum atomic E-state index is 2.34. The summed E-state index contributed by atoms with van der Waals surface area (Å²) in [5, 5.41) is 7.96. The van der Waals surface area contributed by atoms with E-state index >= 15 is 0 Å². The molecule has 0 aliphatic rings. The Balaban J connectivity index is 1.01. The second-order valence-electron chi connectivity index (χ2n) is 12.5. The Morgan fingerprint density at radius 2 is 0.959 bits per heavy atom. The third kappa shape index (κ3) is 4.74. The molecule has 10 aromatic rings. The fourth-order valence-electron chi connectivity index (χ4n) is 7.32. The molecule has 8 aromatic carbocycles. The van der Waals surface area contributed by atoms with E-state index in [-0.39, 0.29) is 0 Å². The quantitative estimate of drug-likeness (QED) is 0.178. The average Bonchev–Trinajstić information content (AvgIpc) is 3.75. The van der Waals surface area contributed by atoms with Gasteiger partial charge in [-0.1, -0.05) is 115 Å². The standard InChI is InChI=1S/C46H29NS2/c1-2-9-34(10-3-1)47(36-25-19-31(20-26-36)38-13-8-14-40-39-11-4-6-15-42(39)49-46(38)40)35-23-17-30(18-24-35)32-21-27-37-33(29-32)22-28-44-45(37)41-12-5-7-16-43(41)48-44/h1-29H. The van der Waals surface area contributed by atoms with E-state index in [0.717, 1.165) is 17.1 Å². The fourth-order valence-corrected chi connectivity index (χ4v) is 9.68. The lowest BCUT2D eigenvalue weighted by Crippen LogP contribution is -2.09. The van der Waals surface area contributed by atoms with Crippen molar-refractivity contribution in [2.45, 2.75) is 0 Å². The van der Waals surface area contributed by atoms with Gasteiger partial charge >= 0.3 is 0 Å². The Morgan fingerprint density at radius 1 is 0.347 bits per heavy atom. The lowest BCUT2D eigenvalue weighted by atomic mass is 9.98. The Hall–Kier alpha value is -5.74. The molecule has 49 heavy (non-hydrogen) atoms. The number of rotatable bonds is 5. The summed E-state index contributed by atoms with van der Waals surface area (Å²) in [6.45, 7) is 0. The van der Waals surface area contributed by atoms with Crippen molar-refractivity contribution in [3.8, 4) is 22.3 Å². The number of para-hydroxylation sites is 1. The van der Waals surface area contributed by atoms with E-state index in [9.17, 15) is 0 Å². The summed E-state index contributed by atoms with van der Waals surface area (Å²) >= 11 is 3.75. The summed E-state index contributed by atoms with van der Waals surface area (Å²) in [6.07, 6.45) is 0. The molecule has 2 aromatic heterocycles. The molecule has 0 fully saturated rings. The first-order chi connectivity index (χ1) is 24.3. The van der Waals surface area contributed by atoms with Crippen molar-refractivity contribution >= 4 is 90.9 Å². The lowest BCUT2D eigenvalue weighted by Gasteiger charge is -2.26. The molecular weight excluding hydrogens is 631 g/mol. The normalized spacial score (nSPS) is 11.7. The number of nitrogens with zero attached hydrogens (tertiary/aromatic N) is 1. The summed E-state index contributed by atoms with van der Waals surface area (Å²) in [6, 6.07) is 64.3. The van der Waals surface area contributed by atoms with Crippen molar-refractivity contribution in [2.75, 3.05) is 4.90 Å². The van der Waals surface area contributed by atoms with Crippen LogP contribution in [0.2, 0.25) is 0 Å². The largest absolute Gasteiger partial charge is 0.311 e. The van der Waals surface area contributed by atoms with E-state index in [1.807, 2.05) is 22.7 Å². The van der Waals surface area contributed by atoms with Crippen LogP contribution in [0.4, 0.5) is 17.1 Å². The van der Waals surface area contributed by atoms with Crippen molar-refractivity contribution in [3.63, 3.8) is 0 Å². The summed E-state index contributed by atoms with van der Waals surface area (Å²) in [4.78, 5) is 2.34. The minimum atomic E-state index is 1.13. The van der Waals surface area contributed by atoms with Crippen LogP contribution in [-0.2, 0) is 0 Å². The molecule has 0 saturated heterocycles. The zero-order chi connectivity index (χ0) is 32.3. The topological polar surface area (TPSA) is 3.24 Å². The van der Waals surface area contributed by atoms with Crippen LogP contribution in [0, 0.1) is 0 Å². The molecule has 0 aliphatic heterocycles. The van der Waals surface area contributed by atoms with Crippen LogP contribution in [0.5, 0.6) is 0 Å². The number of thiophene rings is 2. The molecule has 2 heterocycles. The first-order valence-corrected chi connectivity index (χ1v) is 18.2. The predicted molar refractivity (Wildman–Crippen MR) is 215 cm³/mol. The van der Waals surface area contributed by atoms with Crippen LogP contribution in [0.3, 0.4) is 0 Å². The van der Waals surface area contributed by atoms with E-state index in [2.05, 4.69) is 181 Å². The smallest absolute Gasteiger partial charge is 0.0462 e. The van der Waals surface area contributed by atoms with Gasteiger partial charge in [-0.3, -0.25) is 0 Å². The van der Waals surface area contributed by atoms with E-state index < -0.39 is 0 Å². The predicted octanol–water partition coefficient (Wildman–Crippen LogP) is 14.4. The molecule has 0 amide bonds. The van der Waals surface area contributed by atoms with Crippen molar-refractivity contribution in [2.24, 2.45) is 0 Å². The van der Waals surface area contributed by atoms with Crippen molar-refractivity contribution in [1.29, 1.82) is 0 Å². The first kappa shape index (κ1) is 28.3. The van der Waals surface area contributed by atoms with Gasteiger partial charge in [-0.15, -0.1) is 22.7 Å². The molecule has 3 heteroatoms. The molecular formula is C46H29NS2. The summed E-state index contributed by atoms with van der Waals surface area (Å²) in [5.41, 5.74) is 8.33. The van der Waals surface area contributed by atoms with Gasteiger partial charge in [0.15, 0.2) is 0 Å². The average molecular weight is 660 g/mol. The molecule has 0 saturated carbocycles. The van der Waals surface area contributed by atoms with Gasteiger partial charge in [-0.25, -0.2) is 0 Å². The van der Waals surface area contributed by atoms with Crippen LogP contribution in [0.25, 0.3) is 73.4 Å². The van der Waals surface area contributed by atoms with E-state index in [1.54, 1.807) is 0 Å². The van der Waals surface area contributed by atoms with E-state index in [1.165, 1.54) is 73.4 Å². The van der Waals surface area contributed by atoms with Crippen molar-refractivity contribution in [3.05, 3.63) is 176 Å². The van der Waals surface area contributed by atoms with Crippen molar-refractivity contribution in [1.82, 2.24) is 0 Å². The second-order valence-corrected chi connectivity index (χ2v) is 14.7. The van der Waals surface area contributed by atoms with Gasteiger partial charge in [0, 0.05) is 57.4 Å². The number of hydrogen-bond donors (Lipinski definition) is 0. The number of benzene rings is 8. The maximum absolute atomic E-state index is 2.34. The first-order valence-electron chi connectivity index (χ1n) is 16.6. The van der Waals surface area contributed by atoms with Crippen LogP contribution in [0.1, 0.15) is 0 Å². The number of hydrogen-bond acceptors (Lipinski definition) is 3. The zero-order valence-electron chi connectivity index (χ0n) is 26.5. The molecule has 1 nitrogen and oxygen atoms in total. The maximum Gasteiger partial charge on any atom is 0.0462 e. The highest BCUT2D eigenvalue weighted by Crippen LogP contribution is 2.42. The minimum absolute atomic E-state index is 1.13. The molecule has 230 valence electrons. The van der Waals surface area contributed by atoms with Crippen LogP contribution < -0.4 is 4.90 Å². The van der Waals surface area contributed by atoms with Gasteiger partial charge in [-0.05, 0) is 93.7 Å². The molecule has 0 radical (unpaired) electrons. The third-order valence-corrected chi connectivity index (χ3v) is 12.0. The molecule has 0 aliphatic carbocycles. The summed E-state index contributed by atoms with van der Waals surface area (Å²) < 4.78 is 5.36.